The summed E-state index contributed by atoms with van der Waals surface area (Å²) in [5.41, 5.74) is 0. The average Bonchev–Trinajstić information content (AvgIpc) is 1.97. The summed E-state index contributed by atoms with van der Waals surface area (Å²) in [6, 6.07) is 0.484. The smallest absolute Gasteiger partial charge is 0.0355 e. The van der Waals surface area contributed by atoms with Gasteiger partial charge >= 0.3 is 0 Å². The van der Waals surface area contributed by atoms with Crippen molar-refractivity contribution in [3.63, 3.8) is 0 Å². The van der Waals surface area contributed by atoms with E-state index in [-0.39, 0.29) is 0 Å². The summed E-state index contributed by atoms with van der Waals surface area (Å²) >= 11 is 0. The molecule has 1 aliphatic carbocycles. The molecule has 2 bridgehead atoms. The fourth-order valence-corrected chi connectivity index (χ4v) is 2.68. The van der Waals surface area contributed by atoms with Crippen molar-refractivity contribution in [2.24, 2.45) is 11.8 Å². The number of fused-ring (bicyclic) bond motifs is 2. The minimum atomic E-state index is 0.484. The Morgan fingerprint density at radius 1 is 1.27 bits per heavy atom. The van der Waals surface area contributed by atoms with Crippen molar-refractivity contribution in [1.82, 2.24) is 5.06 Å². The first-order valence-electron chi connectivity index (χ1n) is 4.71. The molecule has 1 saturated heterocycles. The van der Waals surface area contributed by atoms with E-state index >= 15 is 0 Å². The van der Waals surface area contributed by atoms with Gasteiger partial charge in [-0.3, -0.25) is 0 Å². The van der Waals surface area contributed by atoms with E-state index in [4.69, 9.17) is 0 Å². The van der Waals surface area contributed by atoms with Gasteiger partial charge < -0.3 is 5.21 Å². The van der Waals surface area contributed by atoms with Crippen LogP contribution in [0.25, 0.3) is 0 Å². The molecule has 3 atom stereocenters. The number of nitrogens with zero attached hydrogens (tertiary/aromatic N) is 1. The second-order valence-electron chi connectivity index (χ2n) is 4.28. The van der Waals surface area contributed by atoms with Crippen molar-refractivity contribution in [1.29, 1.82) is 0 Å². The lowest BCUT2D eigenvalue weighted by molar-refractivity contribution is -0.166. The topological polar surface area (TPSA) is 23.5 Å². The van der Waals surface area contributed by atoms with Crippen LogP contribution in [-0.4, -0.2) is 22.9 Å². The Kier molecular flexibility index (Phi) is 1.90. The lowest BCUT2D eigenvalue weighted by Gasteiger charge is -2.42. The molecule has 2 rings (SSSR count). The zero-order valence-corrected chi connectivity index (χ0v) is 7.16. The molecule has 2 heteroatoms. The van der Waals surface area contributed by atoms with Gasteiger partial charge in [-0.25, -0.2) is 0 Å². The van der Waals surface area contributed by atoms with E-state index in [1.807, 2.05) is 0 Å². The Bertz CT molecular complexity index is 146. The zero-order valence-electron chi connectivity index (χ0n) is 7.16. The van der Waals surface area contributed by atoms with E-state index in [0.29, 0.717) is 6.04 Å². The molecule has 0 aromatic heterocycles. The van der Waals surface area contributed by atoms with Crippen LogP contribution in [0.4, 0.5) is 0 Å². The molecule has 1 N–H and O–H groups in total. The van der Waals surface area contributed by atoms with Gasteiger partial charge in [0, 0.05) is 12.6 Å². The Hall–Kier alpha value is -0.0800. The maximum absolute atomic E-state index is 9.47. The highest BCUT2D eigenvalue weighted by atomic mass is 16.5. The maximum atomic E-state index is 9.47. The highest BCUT2D eigenvalue weighted by molar-refractivity contribution is 4.84. The Morgan fingerprint density at radius 3 is 2.91 bits per heavy atom. The molecule has 0 aromatic rings. The monoisotopic (exact) mass is 155 g/mol. The van der Waals surface area contributed by atoms with Gasteiger partial charge in [-0.2, -0.15) is 5.06 Å². The minimum absolute atomic E-state index is 0.484. The molecule has 0 aromatic carbocycles. The third-order valence-corrected chi connectivity index (χ3v) is 3.20. The van der Waals surface area contributed by atoms with E-state index in [2.05, 4.69) is 6.92 Å². The van der Waals surface area contributed by atoms with E-state index in [1.54, 1.807) is 5.06 Å². The summed E-state index contributed by atoms with van der Waals surface area (Å²) in [6.07, 6.45) is 5.04. The van der Waals surface area contributed by atoms with Gasteiger partial charge in [0.1, 0.15) is 0 Å². The van der Waals surface area contributed by atoms with Crippen molar-refractivity contribution >= 4 is 0 Å². The van der Waals surface area contributed by atoms with E-state index in [1.165, 1.54) is 25.7 Å². The van der Waals surface area contributed by atoms with Gasteiger partial charge in [0.05, 0.1) is 0 Å². The van der Waals surface area contributed by atoms with Crippen LogP contribution in [0.3, 0.4) is 0 Å². The molecule has 3 unspecified atom stereocenters. The molecule has 64 valence electrons. The van der Waals surface area contributed by atoms with Crippen molar-refractivity contribution in [3.05, 3.63) is 0 Å². The normalized spacial score (nSPS) is 45.8. The van der Waals surface area contributed by atoms with Crippen LogP contribution in [0.2, 0.25) is 0 Å². The van der Waals surface area contributed by atoms with Crippen LogP contribution in [0, 0.1) is 11.8 Å². The number of hydrogen-bond donors (Lipinski definition) is 1. The predicted octanol–water partition coefficient (Wildman–Crippen LogP) is 1.89. The highest BCUT2D eigenvalue weighted by Gasteiger charge is 2.33. The predicted molar refractivity (Wildman–Crippen MR) is 43.4 cm³/mol. The third-order valence-electron chi connectivity index (χ3n) is 3.20. The molecular formula is C9H17NO. The molecule has 1 saturated carbocycles. The summed E-state index contributed by atoms with van der Waals surface area (Å²) in [4.78, 5) is 0. The van der Waals surface area contributed by atoms with Crippen LogP contribution >= 0.6 is 0 Å². The van der Waals surface area contributed by atoms with Crippen molar-refractivity contribution in [2.75, 3.05) is 6.54 Å². The summed E-state index contributed by atoms with van der Waals surface area (Å²) in [5.74, 6) is 1.74. The number of piperidine rings is 1. The first-order chi connectivity index (χ1) is 5.25. The van der Waals surface area contributed by atoms with Gasteiger partial charge in [-0.15, -0.1) is 0 Å². The minimum Gasteiger partial charge on any atom is -0.314 e. The van der Waals surface area contributed by atoms with Crippen molar-refractivity contribution in [3.8, 4) is 0 Å². The molecule has 2 aliphatic rings. The van der Waals surface area contributed by atoms with E-state index in [0.717, 1.165) is 18.4 Å². The largest absolute Gasteiger partial charge is 0.314 e. The van der Waals surface area contributed by atoms with E-state index < -0.39 is 0 Å². The molecule has 2 nitrogen and oxygen atoms in total. The van der Waals surface area contributed by atoms with Crippen LogP contribution in [-0.2, 0) is 0 Å². The number of hydrogen-bond acceptors (Lipinski definition) is 2. The molecule has 1 heterocycles. The summed E-state index contributed by atoms with van der Waals surface area (Å²) < 4.78 is 0. The Balaban J connectivity index is 2.02. The number of hydroxylamine groups is 2. The van der Waals surface area contributed by atoms with Gasteiger partial charge in [-0.1, -0.05) is 6.92 Å². The quantitative estimate of drug-likeness (QED) is 0.577. The number of rotatable bonds is 0. The second kappa shape index (κ2) is 2.76. The summed E-state index contributed by atoms with van der Waals surface area (Å²) in [6.45, 7) is 3.21. The summed E-state index contributed by atoms with van der Waals surface area (Å²) in [7, 11) is 0. The van der Waals surface area contributed by atoms with Crippen LogP contribution in [0.15, 0.2) is 0 Å². The van der Waals surface area contributed by atoms with Gasteiger partial charge in [0.25, 0.3) is 0 Å². The third kappa shape index (κ3) is 1.42. The average molecular weight is 155 g/mol. The van der Waals surface area contributed by atoms with E-state index in [9.17, 15) is 5.21 Å². The fraction of sp³-hybridized carbons (Fsp3) is 1.00. The lowest BCUT2D eigenvalue weighted by atomic mass is 9.75. The molecule has 11 heavy (non-hydrogen) atoms. The molecule has 0 amide bonds. The lowest BCUT2D eigenvalue weighted by Crippen LogP contribution is -2.44. The van der Waals surface area contributed by atoms with Gasteiger partial charge in [0.2, 0.25) is 0 Å². The first kappa shape index (κ1) is 7.56. The van der Waals surface area contributed by atoms with Crippen LogP contribution in [0.5, 0.6) is 0 Å². The van der Waals surface area contributed by atoms with Crippen molar-refractivity contribution in [2.45, 2.75) is 38.6 Å². The van der Waals surface area contributed by atoms with Gasteiger partial charge in [0.15, 0.2) is 0 Å². The van der Waals surface area contributed by atoms with Crippen LogP contribution < -0.4 is 0 Å². The molecule has 1 aliphatic heterocycles. The maximum Gasteiger partial charge on any atom is 0.0355 e. The molecule has 2 fully saturated rings. The Labute approximate surface area is 68.2 Å². The molecule has 0 radical (unpaired) electrons. The zero-order chi connectivity index (χ0) is 7.84. The first-order valence-corrected chi connectivity index (χ1v) is 4.71. The second-order valence-corrected chi connectivity index (χ2v) is 4.28. The van der Waals surface area contributed by atoms with Gasteiger partial charge in [-0.05, 0) is 37.5 Å². The fourth-order valence-electron chi connectivity index (χ4n) is 2.68. The standard InChI is InChI=1S/C9H17NO/c1-7-4-8-2-3-10(11)9(5-7)6-8/h7-9,11H,2-6H2,1H3. The van der Waals surface area contributed by atoms with Crippen molar-refractivity contribution < 1.29 is 5.21 Å². The molecular weight excluding hydrogens is 138 g/mol. The molecule has 0 spiro atoms. The highest BCUT2D eigenvalue weighted by Crippen LogP contribution is 2.36. The summed E-state index contributed by atoms with van der Waals surface area (Å²) in [5, 5.41) is 11.0. The SMILES string of the molecule is CC1CC2CCN(O)C(C1)C2. The van der Waals surface area contributed by atoms with Crippen LogP contribution in [0.1, 0.15) is 32.6 Å². The Morgan fingerprint density at radius 2 is 2.09 bits per heavy atom.